The molecule has 0 saturated heterocycles. The molecule has 0 unspecified atom stereocenters. The van der Waals surface area contributed by atoms with E-state index in [1.54, 1.807) is 0 Å². The predicted molar refractivity (Wildman–Crippen MR) is 52.8 cm³/mol. The molecule has 0 heterocycles. The number of alkyl halides is 1. The third-order valence-electron chi connectivity index (χ3n) is 2.46. The van der Waals surface area contributed by atoms with Gasteiger partial charge in [-0.15, -0.1) is 11.6 Å². The van der Waals surface area contributed by atoms with E-state index in [1.165, 1.54) is 12.8 Å². The van der Waals surface area contributed by atoms with Crippen LogP contribution in [0.25, 0.3) is 0 Å². The van der Waals surface area contributed by atoms with Crippen LogP contribution in [0, 0.1) is 0 Å². The lowest BCUT2D eigenvalue weighted by Gasteiger charge is -2.24. The zero-order valence-electron chi connectivity index (χ0n) is 7.89. The van der Waals surface area contributed by atoms with Gasteiger partial charge in [0.1, 0.15) is 0 Å². The fourth-order valence-electron chi connectivity index (χ4n) is 1.58. The lowest BCUT2D eigenvalue weighted by molar-refractivity contribution is 0.0276. The summed E-state index contributed by atoms with van der Waals surface area (Å²) in [5.74, 6) is 0. The number of hydrogen-bond acceptors (Lipinski definition) is 1. The van der Waals surface area contributed by atoms with E-state index >= 15 is 0 Å². The Hall–Kier alpha value is 0.250. The highest BCUT2D eigenvalue weighted by atomic mass is 35.5. The maximum Gasteiger partial charge on any atom is 0.0576 e. The summed E-state index contributed by atoms with van der Waals surface area (Å²) >= 11 is 5.99. The summed E-state index contributed by atoms with van der Waals surface area (Å²) in [4.78, 5) is 0. The van der Waals surface area contributed by atoms with Gasteiger partial charge in [0.15, 0.2) is 0 Å². The standard InChI is InChI=1S/C10H19ClO/c1-2-3-8-12-10-6-4-9(11)5-7-10/h9-10H,2-8H2,1H3. The van der Waals surface area contributed by atoms with Gasteiger partial charge in [0.2, 0.25) is 0 Å². The second-order valence-electron chi connectivity index (χ2n) is 3.60. The Labute approximate surface area is 80.4 Å². The maximum absolute atomic E-state index is 5.99. The smallest absolute Gasteiger partial charge is 0.0576 e. The molecule has 0 aromatic carbocycles. The van der Waals surface area contributed by atoms with Crippen molar-refractivity contribution in [1.82, 2.24) is 0 Å². The highest BCUT2D eigenvalue weighted by Gasteiger charge is 2.19. The molecule has 0 aliphatic heterocycles. The summed E-state index contributed by atoms with van der Waals surface area (Å²) in [6.07, 6.45) is 7.53. The van der Waals surface area contributed by atoms with Crippen molar-refractivity contribution < 1.29 is 4.74 Å². The van der Waals surface area contributed by atoms with Gasteiger partial charge in [0.05, 0.1) is 6.10 Å². The van der Waals surface area contributed by atoms with E-state index in [4.69, 9.17) is 16.3 Å². The first-order valence-electron chi connectivity index (χ1n) is 5.08. The third-order valence-corrected chi connectivity index (χ3v) is 2.89. The van der Waals surface area contributed by atoms with Crippen molar-refractivity contribution >= 4 is 11.6 Å². The summed E-state index contributed by atoms with van der Waals surface area (Å²) in [5, 5.41) is 0.413. The van der Waals surface area contributed by atoms with E-state index in [0.717, 1.165) is 32.3 Å². The van der Waals surface area contributed by atoms with Crippen LogP contribution >= 0.6 is 11.6 Å². The molecule has 0 radical (unpaired) electrons. The van der Waals surface area contributed by atoms with E-state index in [2.05, 4.69) is 6.92 Å². The Morgan fingerprint density at radius 1 is 1.25 bits per heavy atom. The predicted octanol–water partition coefficient (Wildman–Crippen LogP) is 3.35. The van der Waals surface area contributed by atoms with Gasteiger partial charge in [-0.3, -0.25) is 0 Å². The molecule has 1 rings (SSSR count). The van der Waals surface area contributed by atoms with Gasteiger partial charge in [-0.1, -0.05) is 13.3 Å². The summed E-state index contributed by atoms with van der Waals surface area (Å²) in [6.45, 7) is 3.13. The van der Waals surface area contributed by atoms with Gasteiger partial charge >= 0.3 is 0 Å². The highest BCUT2D eigenvalue weighted by Crippen LogP contribution is 2.24. The van der Waals surface area contributed by atoms with E-state index < -0.39 is 0 Å². The molecular weight excluding hydrogens is 172 g/mol. The van der Waals surface area contributed by atoms with Crippen molar-refractivity contribution in [2.45, 2.75) is 56.9 Å². The van der Waals surface area contributed by atoms with Gasteiger partial charge in [-0.25, -0.2) is 0 Å². The van der Waals surface area contributed by atoms with Crippen molar-refractivity contribution in [1.29, 1.82) is 0 Å². The molecule has 0 atom stereocenters. The molecule has 0 N–H and O–H groups in total. The first-order valence-corrected chi connectivity index (χ1v) is 5.52. The molecule has 0 amide bonds. The molecular formula is C10H19ClO. The lowest BCUT2D eigenvalue weighted by Crippen LogP contribution is -2.22. The van der Waals surface area contributed by atoms with Crippen LogP contribution in [-0.2, 0) is 4.74 Å². The second kappa shape index (κ2) is 5.82. The van der Waals surface area contributed by atoms with Crippen molar-refractivity contribution in [2.24, 2.45) is 0 Å². The van der Waals surface area contributed by atoms with Crippen LogP contribution in [-0.4, -0.2) is 18.1 Å². The normalized spacial score (nSPS) is 30.5. The Kier molecular flexibility index (Phi) is 5.01. The van der Waals surface area contributed by atoms with Crippen molar-refractivity contribution in [3.63, 3.8) is 0 Å². The van der Waals surface area contributed by atoms with Gasteiger partial charge < -0.3 is 4.74 Å². The van der Waals surface area contributed by atoms with E-state index in [1.807, 2.05) is 0 Å². The lowest BCUT2D eigenvalue weighted by atomic mass is 9.97. The van der Waals surface area contributed by atoms with Crippen LogP contribution in [0.2, 0.25) is 0 Å². The zero-order chi connectivity index (χ0) is 8.81. The number of ether oxygens (including phenoxy) is 1. The number of rotatable bonds is 4. The molecule has 0 aromatic heterocycles. The number of halogens is 1. The molecule has 72 valence electrons. The molecule has 0 aromatic rings. The van der Waals surface area contributed by atoms with Crippen molar-refractivity contribution in [2.75, 3.05) is 6.61 Å². The second-order valence-corrected chi connectivity index (χ2v) is 4.22. The highest BCUT2D eigenvalue weighted by molar-refractivity contribution is 6.20. The average molecular weight is 191 g/mol. The number of hydrogen-bond donors (Lipinski definition) is 0. The Morgan fingerprint density at radius 2 is 1.92 bits per heavy atom. The fraction of sp³-hybridized carbons (Fsp3) is 1.00. The van der Waals surface area contributed by atoms with E-state index in [0.29, 0.717) is 11.5 Å². The van der Waals surface area contributed by atoms with Crippen molar-refractivity contribution in [3.05, 3.63) is 0 Å². The molecule has 1 aliphatic rings. The van der Waals surface area contributed by atoms with Gasteiger partial charge in [0, 0.05) is 12.0 Å². The van der Waals surface area contributed by atoms with Gasteiger partial charge in [-0.05, 0) is 32.1 Å². The molecule has 2 heteroatoms. The monoisotopic (exact) mass is 190 g/mol. The minimum Gasteiger partial charge on any atom is -0.378 e. The average Bonchev–Trinajstić information content (AvgIpc) is 2.09. The van der Waals surface area contributed by atoms with Crippen LogP contribution in [0.4, 0.5) is 0 Å². The van der Waals surface area contributed by atoms with Crippen LogP contribution < -0.4 is 0 Å². The van der Waals surface area contributed by atoms with Gasteiger partial charge in [0.25, 0.3) is 0 Å². The van der Waals surface area contributed by atoms with Gasteiger partial charge in [-0.2, -0.15) is 0 Å². The van der Waals surface area contributed by atoms with Crippen LogP contribution in [0.15, 0.2) is 0 Å². The van der Waals surface area contributed by atoms with E-state index in [9.17, 15) is 0 Å². The molecule has 1 aliphatic carbocycles. The number of unbranched alkanes of at least 4 members (excludes halogenated alkanes) is 1. The van der Waals surface area contributed by atoms with Crippen LogP contribution in [0.1, 0.15) is 45.4 Å². The minimum atomic E-state index is 0.413. The Balaban J connectivity index is 2.01. The summed E-state index contributed by atoms with van der Waals surface area (Å²) in [6, 6.07) is 0. The molecule has 0 bridgehead atoms. The Morgan fingerprint density at radius 3 is 2.50 bits per heavy atom. The minimum absolute atomic E-state index is 0.413. The summed E-state index contributed by atoms with van der Waals surface area (Å²) in [5.41, 5.74) is 0. The third kappa shape index (κ3) is 3.77. The first-order chi connectivity index (χ1) is 5.83. The summed E-state index contributed by atoms with van der Waals surface area (Å²) in [7, 11) is 0. The molecule has 1 fully saturated rings. The quantitative estimate of drug-likeness (QED) is 0.488. The van der Waals surface area contributed by atoms with Crippen molar-refractivity contribution in [3.8, 4) is 0 Å². The van der Waals surface area contributed by atoms with Crippen LogP contribution in [0.3, 0.4) is 0 Å². The molecule has 12 heavy (non-hydrogen) atoms. The summed E-state index contributed by atoms with van der Waals surface area (Å²) < 4.78 is 5.71. The molecule has 0 spiro atoms. The largest absolute Gasteiger partial charge is 0.378 e. The van der Waals surface area contributed by atoms with Crippen LogP contribution in [0.5, 0.6) is 0 Å². The zero-order valence-corrected chi connectivity index (χ0v) is 8.65. The molecule has 1 nitrogen and oxygen atoms in total. The Bertz CT molecular complexity index is 108. The SMILES string of the molecule is CCCCOC1CCC(Cl)CC1. The fourth-order valence-corrected chi connectivity index (χ4v) is 1.84. The maximum atomic E-state index is 5.99. The van der Waals surface area contributed by atoms with E-state index in [-0.39, 0.29) is 0 Å². The topological polar surface area (TPSA) is 9.23 Å². The first kappa shape index (κ1) is 10.3. The molecule has 1 saturated carbocycles.